The van der Waals surface area contributed by atoms with E-state index in [9.17, 15) is 14.4 Å². The van der Waals surface area contributed by atoms with Gasteiger partial charge in [-0.2, -0.15) is 0 Å². The molecule has 1 heterocycles. The van der Waals surface area contributed by atoms with Crippen LogP contribution >= 0.6 is 0 Å². The summed E-state index contributed by atoms with van der Waals surface area (Å²) in [4.78, 5) is 35.6. The lowest BCUT2D eigenvalue weighted by Gasteiger charge is -2.11. The summed E-state index contributed by atoms with van der Waals surface area (Å²) in [6.07, 6.45) is 2.68. The summed E-state index contributed by atoms with van der Waals surface area (Å²) in [6.45, 7) is 3.99. The van der Waals surface area contributed by atoms with Crippen molar-refractivity contribution >= 4 is 17.8 Å². The predicted octanol–water partition coefficient (Wildman–Crippen LogP) is -0.533. The average Bonchev–Trinajstić information content (AvgIpc) is 2.91. The van der Waals surface area contributed by atoms with Crippen molar-refractivity contribution < 1.29 is 23.9 Å². The first-order valence-corrected chi connectivity index (χ1v) is 8.80. The summed E-state index contributed by atoms with van der Waals surface area (Å²) >= 11 is 0. The normalized spacial score (nSPS) is 14.0. The van der Waals surface area contributed by atoms with Crippen molar-refractivity contribution in [3.05, 3.63) is 0 Å². The Labute approximate surface area is 148 Å². The van der Waals surface area contributed by atoms with Crippen LogP contribution < -0.4 is 16.0 Å². The highest BCUT2D eigenvalue weighted by Crippen LogP contribution is 2.05. The highest BCUT2D eigenvalue weighted by atomic mass is 16.5. The van der Waals surface area contributed by atoms with E-state index in [4.69, 9.17) is 9.47 Å². The van der Waals surface area contributed by atoms with Crippen molar-refractivity contribution in [3.8, 4) is 0 Å². The highest BCUT2D eigenvalue weighted by molar-refractivity contribution is 6.01. The average molecular weight is 358 g/mol. The molecule has 144 valence electrons. The molecule has 0 radical (unpaired) electrons. The molecule has 1 aliphatic heterocycles. The Kier molecular flexibility index (Phi) is 11.6. The second kappa shape index (κ2) is 13.6. The van der Waals surface area contributed by atoms with Crippen molar-refractivity contribution in [1.29, 1.82) is 0 Å². The fraction of sp³-hybridized carbons (Fsp3) is 0.812. The number of urea groups is 1. The number of ether oxygens (including phenoxy) is 2. The third-order valence-electron chi connectivity index (χ3n) is 3.66. The summed E-state index contributed by atoms with van der Waals surface area (Å²) in [5.74, 6) is -0.195. The zero-order valence-electron chi connectivity index (χ0n) is 15.0. The maximum absolute atomic E-state index is 11.6. The van der Waals surface area contributed by atoms with Gasteiger partial charge in [0.2, 0.25) is 11.8 Å². The molecule has 0 atom stereocenters. The number of carbonyl (C=O) groups is 3. The molecule has 3 N–H and O–H groups in total. The van der Waals surface area contributed by atoms with E-state index in [2.05, 4.69) is 16.0 Å². The van der Waals surface area contributed by atoms with E-state index in [0.29, 0.717) is 52.4 Å². The van der Waals surface area contributed by atoms with Gasteiger partial charge in [0.05, 0.1) is 33.0 Å². The largest absolute Gasteiger partial charge is 0.378 e. The lowest BCUT2D eigenvalue weighted by atomic mass is 10.2. The lowest BCUT2D eigenvalue weighted by molar-refractivity contribution is -0.125. The molecule has 0 spiro atoms. The number of hydrogen-bond donors (Lipinski definition) is 3. The smallest absolute Gasteiger partial charge is 0.324 e. The first-order valence-electron chi connectivity index (χ1n) is 8.80. The summed E-state index contributed by atoms with van der Waals surface area (Å²) < 4.78 is 10.7. The second-order valence-corrected chi connectivity index (χ2v) is 5.69. The maximum atomic E-state index is 11.6. The van der Waals surface area contributed by atoms with Crippen LogP contribution in [-0.2, 0) is 19.1 Å². The van der Waals surface area contributed by atoms with Crippen LogP contribution in [-0.4, -0.2) is 82.4 Å². The molecule has 4 amide bonds. The standard InChI is InChI=1S/C16H30N4O5/c1-17-6-9-24-11-12-25-10-7-18-14(21)5-3-2-4-8-20-15(22)13-19-16(20)23/h17H,2-13H2,1H3,(H,18,21)(H,19,23). The van der Waals surface area contributed by atoms with Crippen LogP contribution in [0.4, 0.5) is 4.79 Å². The number of imide groups is 1. The van der Waals surface area contributed by atoms with Gasteiger partial charge in [0.25, 0.3) is 0 Å². The number of unbranched alkanes of at least 4 members (excludes halogenated alkanes) is 2. The highest BCUT2D eigenvalue weighted by Gasteiger charge is 2.27. The van der Waals surface area contributed by atoms with Crippen molar-refractivity contribution in [3.63, 3.8) is 0 Å². The van der Waals surface area contributed by atoms with Crippen LogP contribution in [0.3, 0.4) is 0 Å². The number of carbonyl (C=O) groups excluding carboxylic acids is 3. The molecule has 1 fully saturated rings. The van der Waals surface area contributed by atoms with Gasteiger partial charge in [0.15, 0.2) is 0 Å². The van der Waals surface area contributed by atoms with Crippen molar-refractivity contribution in [2.24, 2.45) is 0 Å². The van der Waals surface area contributed by atoms with Gasteiger partial charge in [-0.1, -0.05) is 6.42 Å². The summed E-state index contributed by atoms with van der Waals surface area (Å²) in [5, 5.41) is 8.26. The summed E-state index contributed by atoms with van der Waals surface area (Å²) in [6, 6.07) is -0.324. The molecular weight excluding hydrogens is 328 g/mol. The summed E-state index contributed by atoms with van der Waals surface area (Å²) in [5.41, 5.74) is 0. The molecule has 0 aromatic heterocycles. The molecule has 0 aliphatic carbocycles. The summed E-state index contributed by atoms with van der Waals surface area (Å²) in [7, 11) is 1.87. The van der Waals surface area contributed by atoms with Crippen molar-refractivity contribution in [2.45, 2.75) is 25.7 Å². The Morgan fingerprint density at radius 2 is 1.80 bits per heavy atom. The quantitative estimate of drug-likeness (QED) is 0.268. The van der Waals surface area contributed by atoms with E-state index in [0.717, 1.165) is 19.4 Å². The Hall–Kier alpha value is -1.71. The zero-order valence-corrected chi connectivity index (χ0v) is 15.0. The van der Waals surface area contributed by atoms with E-state index in [1.165, 1.54) is 4.90 Å². The molecule has 0 aromatic carbocycles. The molecular formula is C16H30N4O5. The maximum Gasteiger partial charge on any atom is 0.324 e. The van der Waals surface area contributed by atoms with Crippen LogP contribution in [0.5, 0.6) is 0 Å². The van der Waals surface area contributed by atoms with Crippen LogP contribution in [0.25, 0.3) is 0 Å². The first-order chi connectivity index (χ1) is 12.1. The van der Waals surface area contributed by atoms with Gasteiger partial charge >= 0.3 is 6.03 Å². The molecule has 1 rings (SSSR count). The van der Waals surface area contributed by atoms with Crippen LogP contribution in [0.1, 0.15) is 25.7 Å². The molecule has 9 heteroatoms. The fourth-order valence-electron chi connectivity index (χ4n) is 2.26. The lowest BCUT2D eigenvalue weighted by Crippen LogP contribution is -2.31. The topological polar surface area (TPSA) is 109 Å². The van der Waals surface area contributed by atoms with Gasteiger partial charge in [-0.3, -0.25) is 14.5 Å². The van der Waals surface area contributed by atoms with Gasteiger partial charge < -0.3 is 25.4 Å². The van der Waals surface area contributed by atoms with Crippen LogP contribution in [0.15, 0.2) is 0 Å². The molecule has 0 bridgehead atoms. The minimum Gasteiger partial charge on any atom is -0.378 e. The third kappa shape index (κ3) is 10.0. The molecule has 25 heavy (non-hydrogen) atoms. The van der Waals surface area contributed by atoms with Gasteiger partial charge in [-0.25, -0.2) is 4.79 Å². The van der Waals surface area contributed by atoms with E-state index < -0.39 is 0 Å². The number of likely N-dealkylation sites (N-methyl/N-ethyl adjacent to an activating group) is 1. The zero-order chi connectivity index (χ0) is 18.3. The Bertz CT molecular complexity index is 403. The fourth-order valence-corrected chi connectivity index (χ4v) is 2.26. The second-order valence-electron chi connectivity index (χ2n) is 5.69. The van der Waals surface area contributed by atoms with Gasteiger partial charge in [-0.15, -0.1) is 0 Å². The SMILES string of the molecule is CNCCOCCOCCNC(=O)CCCCCN1C(=O)CNC1=O. The predicted molar refractivity (Wildman–Crippen MR) is 92.2 cm³/mol. The number of hydrogen-bond acceptors (Lipinski definition) is 6. The molecule has 9 nitrogen and oxygen atoms in total. The van der Waals surface area contributed by atoms with Crippen LogP contribution in [0, 0.1) is 0 Å². The van der Waals surface area contributed by atoms with E-state index in [1.807, 2.05) is 7.05 Å². The molecule has 1 saturated heterocycles. The molecule has 0 unspecified atom stereocenters. The third-order valence-corrected chi connectivity index (χ3v) is 3.66. The van der Waals surface area contributed by atoms with E-state index in [-0.39, 0.29) is 24.4 Å². The Balaban J connectivity index is 1.86. The Morgan fingerprint density at radius 1 is 1.08 bits per heavy atom. The number of amides is 4. The number of nitrogens with one attached hydrogen (secondary N) is 3. The monoisotopic (exact) mass is 358 g/mol. The van der Waals surface area contributed by atoms with Gasteiger partial charge in [0, 0.05) is 26.1 Å². The van der Waals surface area contributed by atoms with E-state index >= 15 is 0 Å². The molecule has 0 saturated carbocycles. The minimum absolute atomic E-state index is 0.0103. The van der Waals surface area contributed by atoms with Crippen molar-refractivity contribution in [1.82, 2.24) is 20.9 Å². The van der Waals surface area contributed by atoms with Crippen molar-refractivity contribution in [2.75, 3.05) is 59.7 Å². The van der Waals surface area contributed by atoms with Crippen LogP contribution in [0.2, 0.25) is 0 Å². The molecule has 1 aliphatic rings. The number of rotatable bonds is 15. The van der Waals surface area contributed by atoms with Gasteiger partial charge in [0.1, 0.15) is 0 Å². The Morgan fingerprint density at radius 3 is 2.44 bits per heavy atom. The number of nitrogens with zero attached hydrogens (tertiary/aromatic N) is 1. The first kappa shape index (κ1) is 21.3. The van der Waals surface area contributed by atoms with Gasteiger partial charge in [-0.05, 0) is 19.9 Å². The molecule has 0 aromatic rings. The minimum atomic E-state index is -0.324. The van der Waals surface area contributed by atoms with E-state index in [1.54, 1.807) is 0 Å².